The Morgan fingerprint density at radius 1 is 1.19 bits per heavy atom. The largest absolute Gasteiger partial charge is 0.299 e. The summed E-state index contributed by atoms with van der Waals surface area (Å²) in [6.45, 7) is 1.57. The maximum atomic E-state index is 11.2. The predicted molar refractivity (Wildman–Crippen MR) is 84.7 cm³/mol. The van der Waals surface area contributed by atoms with Gasteiger partial charge in [-0.15, -0.1) is 0 Å². The van der Waals surface area contributed by atoms with Gasteiger partial charge < -0.3 is 0 Å². The van der Waals surface area contributed by atoms with Gasteiger partial charge in [0.15, 0.2) is 0 Å². The Morgan fingerprint density at radius 2 is 2.00 bits per heavy atom. The summed E-state index contributed by atoms with van der Waals surface area (Å²) in [6.07, 6.45) is 5.96. The monoisotopic (exact) mass is 308 g/mol. The van der Waals surface area contributed by atoms with Crippen LogP contribution in [0.1, 0.15) is 42.7 Å². The number of likely N-dealkylation sites (tertiary alicyclic amines) is 1. The average molecular weight is 308 g/mol. The van der Waals surface area contributed by atoms with Crippen LogP contribution in [0.2, 0.25) is 0 Å². The van der Waals surface area contributed by atoms with Crippen LogP contribution in [0.25, 0.3) is 0 Å². The number of primary sulfonamides is 1. The lowest BCUT2D eigenvalue weighted by atomic mass is 9.78. The summed E-state index contributed by atoms with van der Waals surface area (Å²) in [5.41, 5.74) is 2.96. The normalized spacial score (nSPS) is 26.7. The van der Waals surface area contributed by atoms with Crippen molar-refractivity contribution in [2.24, 2.45) is 5.14 Å². The Bertz CT molecular complexity index is 600. The van der Waals surface area contributed by atoms with E-state index in [0.29, 0.717) is 18.5 Å². The molecule has 3 rings (SSSR count). The average Bonchev–Trinajstić information content (AvgIpc) is 2.92. The fourth-order valence-corrected chi connectivity index (χ4v) is 4.51. The molecule has 2 aliphatic rings. The van der Waals surface area contributed by atoms with E-state index in [0.717, 1.165) is 13.0 Å². The molecule has 1 aliphatic carbocycles. The fourth-order valence-electron chi connectivity index (χ4n) is 4.02. The number of hydrogen-bond acceptors (Lipinski definition) is 3. The second kappa shape index (κ2) is 6.07. The van der Waals surface area contributed by atoms with Crippen molar-refractivity contribution in [1.29, 1.82) is 0 Å². The molecule has 1 saturated heterocycles. The SMILES string of the molecule is NS(=O)(=O)CCN1CCC[C@H]1[C@H]1CCCc2ccccc21. The molecule has 5 heteroatoms. The number of sulfonamides is 1. The highest BCUT2D eigenvalue weighted by molar-refractivity contribution is 7.89. The van der Waals surface area contributed by atoms with Gasteiger partial charge in [0.1, 0.15) is 0 Å². The van der Waals surface area contributed by atoms with Crippen LogP contribution in [-0.2, 0) is 16.4 Å². The van der Waals surface area contributed by atoms with Crippen LogP contribution in [0.3, 0.4) is 0 Å². The van der Waals surface area contributed by atoms with Crippen molar-refractivity contribution in [3.05, 3.63) is 35.4 Å². The van der Waals surface area contributed by atoms with Gasteiger partial charge in [0.2, 0.25) is 10.0 Å². The summed E-state index contributed by atoms with van der Waals surface area (Å²) in [7, 11) is -3.37. The first-order valence-electron chi connectivity index (χ1n) is 7.87. The number of fused-ring (bicyclic) bond motifs is 1. The molecule has 116 valence electrons. The zero-order valence-electron chi connectivity index (χ0n) is 12.4. The molecule has 2 atom stereocenters. The molecule has 0 amide bonds. The molecule has 0 saturated carbocycles. The van der Waals surface area contributed by atoms with Crippen molar-refractivity contribution >= 4 is 10.0 Å². The second-order valence-electron chi connectivity index (χ2n) is 6.31. The van der Waals surface area contributed by atoms with Crippen LogP contribution in [0, 0.1) is 0 Å². The van der Waals surface area contributed by atoms with Gasteiger partial charge in [-0.05, 0) is 55.7 Å². The van der Waals surface area contributed by atoms with Crippen LogP contribution in [0.15, 0.2) is 24.3 Å². The number of aryl methyl sites for hydroxylation is 1. The maximum absolute atomic E-state index is 11.2. The Morgan fingerprint density at radius 3 is 2.81 bits per heavy atom. The molecule has 0 bridgehead atoms. The molecule has 1 aromatic carbocycles. The first kappa shape index (κ1) is 15.0. The number of hydrogen-bond donors (Lipinski definition) is 1. The quantitative estimate of drug-likeness (QED) is 0.923. The molecule has 1 aromatic rings. The Hall–Kier alpha value is -0.910. The Kier molecular flexibility index (Phi) is 4.33. The van der Waals surface area contributed by atoms with E-state index in [9.17, 15) is 8.42 Å². The number of nitrogens with zero attached hydrogens (tertiary/aromatic N) is 1. The smallest absolute Gasteiger partial charge is 0.210 e. The summed E-state index contributed by atoms with van der Waals surface area (Å²) in [4.78, 5) is 2.34. The molecule has 21 heavy (non-hydrogen) atoms. The number of rotatable bonds is 4. The van der Waals surface area contributed by atoms with Crippen molar-refractivity contribution in [2.75, 3.05) is 18.8 Å². The first-order chi connectivity index (χ1) is 10.0. The van der Waals surface area contributed by atoms with E-state index in [4.69, 9.17) is 5.14 Å². The van der Waals surface area contributed by atoms with Gasteiger partial charge in [-0.2, -0.15) is 0 Å². The molecule has 0 aromatic heterocycles. The highest BCUT2D eigenvalue weighted by Crippen LogP contribution is 2.39. The van der Waals surface area contributed by atoms with Crippen LogP contribution in [0.5, 0.6) is 0 Å². The lowest BCUT2D eigenvalue weighted by Gasteiger charge is -2.35. The van der Waals surface area contributed by atoms with E-state index >= 15 is 0 Å². The molecule has 4 nitrogen and oxygen atoms in total. The van der Waals surface area contributed by atoms with E-state index in [1.807, 2.05) is 0 Å². The first-order valence-corrected chi connectivity index (χ1v) is 9.58. The highest BCUT2D eigenvalue weighted by Gasteiger charge is 2.34. The lowest BCUT2D eigenvalue weighted by Crippen LogP contribution is -2.39. The molecular formula is C16H24N2O2S. The minimum Gasteiger partial charge on any atom is -0.299 e. The fraction of sp³-hybridized carbons (Fsp3) is 0.625. The van der Waals surface area contributed by atoms with E-state index in [-0.39, 0.29) is 5.75 Å². The third kappa shape index (κ3) is 3.47. The van der Waals surface area contributed by atoms with Crippen molar-refractivity contribution in [2.45, 2.75) is 44.1 Å². The van der Waals surface area contributed by atoms with Crippen molar-refractivity contribution < 1.29 is 8.42 Å². The molecule has 0 radical (unpaired) electrons. The summed E-state index contributed by atoms with van der Waals surface area (Å²) < 4.78 is 22.4. The number of nitrogens with two attached hydrogens (primary N) is 1. The standard InChI is InChI=1S/C16H24N2O2S/c17-21(19,20)12-11-18-10-4-9-16(18)15-8-3-6-13-5-1-2-7-14(13)15/h1-2,5,7,15-16H,3-4,6,8-12H2,(H2,17,19,20)/t15-,16-/m0/s1. The zero-order chi connectivity index (χ0) is 14.9. The lowest BCUT2D eigenvalue weighted by molar-refractivity contribution is 0.223. The van der Waals surface area contributed by atoms with E-state index < -0.39 is 10.0 Å². The molecule has 1 aliphatic heterocycles. The summed E-state index contributed by atoms with van der Waals surface area (Å²) in [5.74, 6) is 0.621. The summed E-state index contributed by atoms with van der Waals surface area (Å²) >= 11 is 0. The van der Waals surface area contributed by atoms with Gasteiger partial charge in [0.05, 0.1) is 5.75 Å². The van der Waals surface area contributed by atoms with Gasteiger partial charge >= 0.3 is 0 Å². The Balaban J connectivity index is 1.77. The minimum atomic E-state index is -3.37. The molecule has 2 N–H and O–H groups in total. The molecular weight excluding hydrogens is 284 g/mol. The highest BCUT2D eigenvalue weighted by atomic mass is 32.2. The van der Waals surface area contributed by atoms with Gasteiger partial charge in [0, 0.05) is 12.6 Å². The zero-order valence-corrected chi connectivity index (χ0v) is 13.2. The van der Waals surface area contributed by atoms with E-state index in [1.54, 1.807) is 0 Å². The van der Waals surface area contributed by atoms with Crippen LogP contribution >= 0.6 is 0 Å². The molecule has 0 spiro atoms. The van der Waals surface area contributed by atoms with Crippen molar-refractivity contribution in [3.63, 3.8) is 0 Å². The van der Waals surface area contributed by atoms with E-state index in [2.05, 4.69) is 29.2 Å². The van der Waals surface area contributed by atoms with Gasteiger partial charge in [-0.25, -0.2) is 13.6 Å². The molecule has 1 fully saturated rings. The second-order valence-corrected chi connectivity index (χ2v) is 8.04. The van der Waals surface area contributed by atoms with Gasteiger partial charge in [0.25, 0.3) is 0 Å². The van der Waals surface area contributed by atoms with Crippen molar-refractivity contribution in [3.8, 4) is 0 Å². The Labute approximate surface area is 127 Å². The summed E-state index contributed by atoms with van der Waals surface area (Å²) in [6, 6.07) is 9.23. The van der Waals surface area contributed by atoms with Crippen molar-refractivity contribution in [1.82, 2.24) is 4.90 Å². The van der Waals surface area contributed by atoms with Crippen LogP contribution in [0.4, 0.5) is 0 Å². The topological polar surface area (TPSA) is 63.4 Å². The van der Waals surface area contributed by atoms with Gasteiger partial charge in [-0.1, -0.05) is 24.3 Å². The third-order valence-corrected chi connectivity index (χ3v) is 5.71. The maximum Gasteiger partial charge on any atom is 0.210 e. The minimum absolute atomic E-state index is 0.0673. The molecule has 0 unspecified atom stereocenters. The molecule has 1 heterocycles. The third-order valence-electron chi connectivity index (χ3n) is 4.96. The number of benzene rings is 1. The van der Waals surface area contributed by atoms with Crippen LogP contribution in [-0.4, -0.2) is 38.2 Å². The van der Waals surface area contributed by atoms with E-state index in [1.165, 1.54) is 36.8 Å². The predicted octanol–water partition coefficient (Wildman–Crippen LogP) is 1.86. The van der Waals surface area contributed by atoms with Gasteiger partial charge in [-0.3, -0.25) is 4.90 Å². The van der Waals surface area contributed by atoms with Crippen LogP contribution < -0.4 is 5.14 Å². The summed E-state index contributed by atoms with van der Waals surface area (Å²) in [5, 5.41) is 5.16.